The molecule has 0 aromatic rings. The lowest BCUT2D eigenvalue weighted by Gasteiger charge is -2.29. The van der Waals surface area contributed by atoms with Crippen LogP contribution in [0.15, 0.2) is 0 Å². The largest absolute Gasteiger partial charge is 0.458 e. The summed E-state index contributed by atoms with van der Waals surface area (Å²) in [6.07, 6.45) is 0.487. The van der Waals surface area contributed by atoms with E-state index in [2.05, 4.69) is 27.7 Å². The van der Waals surface area contributed by atoms with Crippen LogP contribution in [-0.4, -0.2) is 11.6 Å². The number of carbonyl (C=O) groups excluding carboxylic acids is 1. The molecule has 2 nitrogen and oxygen atoms in total. The van der Waals surface area contributed by atoms with E-state index in [4.69, 9.17) is 4.74 Å². The summed E-state index contributed by atoms with van der Waals surface area (Å²) >= 11 is 0. The first-order chi connectivity index (χ1) is 5.82. The van der Waals surface area contributed by atoms with Gasteiger partial charge in [0, 0.05) is 23.2 Å². The Morgan fingerprint density at radius 1 is 1.23 bits per heavy atom. The van der Waals surface area contributed by atoms with Gasteiger partial charge in [0.1, 0.15) is 5.60 Å². The Morgan fingerprint density at radius 3 is 1.92 bits per heavy atom. The SMILES string of the molecule is CCC(=O)OC12C(C1(C)C)C2(C)C. The first kappa shape index (κ1) is 9.04. The Morgan fingerprint density at radius 2 is 1.69 bits per heavy atom. The van der Waals surface area contributed by atoms with Gasteiger partial charge in [0.2, 0.25) is 0 Å². The molecule has 2 fully saturated rings. The predicted molar refractivity (Wildman–Crippen MR) is 50.2 cm³/mol. The van der Waals surface area contributed by atoms with Gasteiger partial charge in [0.15, 0.2) is 0 Å². The first-order valence-corrected chi connectivity index (χ1v) is 5.04. The number of hydrogen-bond acceptors (Lipinski definition) is 2. The lowest BCUT2D eigenvalue weighted by atomic mass is 9.81. The molecule has 0 saturated heterocycles. The summed E-state index contributed by atoms with van der Waals surface area (Å²) in [7, 11) is 0. The van der Waals surface area contributed by atoms with Crippen LogP contribution in [0.3, 0.4) is 0 Å². The number of esters is 1. The molecule has 13 heavy (non-hydrogen) atoms. The molecule has 2 heteroatoms. The molecule has 0 amide bonds. The second-order valence-electron chi connectivity index (χ2n) is 5.44. The van der Waals surface area contributed by atoms with E-state index in [0.717, 1.165) is 0 Å². The first-order valence-electron chi connectivity index (χ1n) is 5.04. The number of ether oxygens (including phenoxy) is 1. The highest BCUT2D eigenvalue weighted by Gasteiger charge is 2.99. The zero-order valence-corrected chi connectivity index (χ0v) is 9.10. The lowest BCUT2D eigenvalue weighted by Crippen LogP contribution is -2.32. The average molecular weight is 182 g/mol. The van der Waals surface area contributed by atoms with Gasteiger partial charge in [-0.2, -0.15) is 0 Å². The van der Waals surface area contributed by atoms with Gasteiger partial charge in [-0.25, -0.2) is 0 Å². The molecule has 2 rings (SSSR count). The van der Waals surface area contributed by atoms with Crippen LogP contribution in [-0.2, 0) is 9.53 Å². The lowest BCUT2D eigenvalue weighted by molar-refractivity contribution is -0.153. The van der Waals surface area contributed by atoms with E-state index in [-0.39, 0.29) is 22.4 Å². The zero-order valence-electron chi connectivity index (χ0n) is 9.10. The minimum atomic E-state index is -0.118. The topological polar surface area (TPSA) is 26.3 Å². The van der Waals surface area contributed by atoms with Crippen LogP contribution < -0.4 is 0 Å². The highest BCUT2D eigenvalue weighted by Crippen LogP contribution is 2.92. The minimum absolute atomic E-state index is 0.0545. The molecule has 2 aliphatic carbocycles. The van der Waals surface area contributed by atoms with E-state index in [1.165, 1.54) is 0 Å². The molecule has 0 aliphatic heterocycles. The van der Waals surface area contributed by atoms with Crippen LogP contribution in [0, 0.1) is 16.7 Å². The van der Waals surface area contributed by atoms with Crippen molar-refractivity contribution in [2.24, 2.45) is 16.7 Å². The van der Waals surface area contributed by atoms with Crippen molar-refractivity contribution in [2.75, 3.05) is 0 Å². The summed E-state index contributed by atoms with van der Waals surface area (Å²) in [5.74, 6) is 0.532. The molecule has 0 unspecified atom stereocenters. The maximum atomic E-state index is 11.2. The third-order valence-corrected chi connectivity index (χ3v) is 4.16. The number of rotatable bonds is 2. The van der Waals surface area contributed by atoms with Gasteiger partial charge in [-0.15, -0.1) is 0 Å². The van der Waals surface area contributed by atoms with Gasteiger partial charge in [0.05, 0.1) is 0 Å². The van der Waals surface area contributed by atoms with Crippen molar-refractivity contribution in [3.8, 4) is 0 Å². The third-order valence-electron chi connectivity index (χ3n) is 4.16. The Balaban J connectivity index is 2.11. The fourth-order valence-electron chi connectivity index (χ4n) is 3.68. The van der Waals surface area contributed by atoms with Crippen molar-refractivity contribution in [3.05, 3.63) is 0 Å². The van der Waals surface area contributed by atoms with Crippen molar-refractivity contribution < 1.29 is 9.53 Å². The van der Waals surface area contributed by atoms with E-state index in [9.17, 15) is 4.79 Å². The second-order valence-corrected chi connectivity index (χ2v) is 5.44. The fourth-order valence-corrected chi connectivity index (χ4v) is 3.68. The molecule has 0 aromatic carbocycles. The van der Waals surface area contributed by atoms with Crippen LogP contribution in [0.5, 0.6) is 0 Å². The Kier molecular flexibility index (Phi) is 1.35. The van der Waals surface area contributed by atoms with E-state index in [1.807, 2.05) is 6.92 Å². The predicted octanol–water partition coefficient (Wildman–Crippen LogP) is 2.37. The summed E-state index contributed by atoms with van der Waals surface area (Å²) in [5.41, 5.74) is 0.329. The summed E-state index contributed by atoms with van der Waals surface area (Å²) in [6.45, 7) is 10.6. The number of fused-ring (bicyclic) bond motifs is 1. The average Bonchev–Trinajstić information content (AvgIpc) is 2.70. The molecule has 0 bridgehead atoms. The van der Waals surface area contributed by atoms with E-state index < -0.39 is 0 Å². The number of hydrogen-bond donors (Lipinski definition) is 0. The van der Waals surface area contributed by atoms with Crippen molar-refractivity contribution in [3.63, 3.8) is 0 Å². The second kappa shape index (κ2) is 1.94. The molecule has 74 valence electrons. The van der Waals surface area contributed by atoms with Crippen LogP contribution in [0.2, 0.25) is 0 Å². The smallest absolute Gasteiger partial charge is 0.306 e. The minimum Gasteiger partial charge on any atom is -0.458 e. The molecule has 0 radical (unpaired) electrons. The molecule has 0 atom stereocenters. The molecule has 0 spiro atoms. The Hall–Kier alpha value is -0.530. The normalized spacial score (nSPS) is 42.1. The van der Waals surface area contributed by atoms with Crippen molar-refractivity contribution in [2.45, 2.75) is 46.6 Å². The highest BCUT2D eigenvalue weighted by atomic mass is 16.6. The van der Waals surface area contributed by atoms with Gasteiger partial charge >= 0.3 is 5.97 Å². The molecule has 0 aromatic heterocycles. The zero-order chi connectivity index (χ0) is 10.1. The maximum absolute atomic E-state index is 11.2. The maximum Gasteiger partial charge on any atom is 0.306 e. The Labute approximate surface area is 79.7 Å². The fraction of sp³-hybridized carbons (Fsp3) is 0.909. The van der Waals surface area contributed by atoms with Crippen molar-refractivity contribution in [1.82, 2.24) is 0 Å². The summed E-state index contributed by atoms with van der Waals surface area (Å²) < 4.78 is 5.56. The Bertz CT molecular complexity index is 260. The van der Waals surface area contributed by atoms with E-state index in [1.54, 1.807) is 0 Å². The monoisotopic (exact) mass is 182 g/mol. The standard InChI is InChI=1S/C11H18O2/c1-6-7(12)13-11-8(9(11,2)3)10(11,4)5/h8H,6H2,1-5H3. The molecular formula is C11H18O2. The molecular weight excluding hydrogens is 164 g/mol. The summed E-state index contributed by atoms with van der Waals surface area (Å²) in [6, 6.07) is 0. The van der Waals surface area contributed by atoms with Crippen LogP contribution in [0.1, 0.15) is 41.0 Å². The molecule has 0 heterocycles. The summed E-state index contributed by atoms with van der Waals surface area (Å²) in [5, 5.41) is 0. The summed E-state index contributed by atoms with van der Waals surface area (Å²) in [4.78, 5) is 11.2. The van der Waals surface area contributed by atoms with Gasteiger partial charge in [0.25, 0.3) is 0 Å². The van der Waals surface area contributed by atoms with Gasteiger partial charge in [-0.05, 0) is 0 Å². The van der Waals surface area contributed by atoms with E-state index >= 15 is 0 Å². The third kappa shape index (κ3) is 0.695. The van der Waals surface area contributed by atoms with Gasteiger partial charge < -0.3 is 4.74 Å². The van der Waals surface area contributed by atoms with Crippen LogP contribution >= 0.6 is 0 Å². The van der Waals surface area contributed by atoms with E-state index in [0.29, 0.717) is 12.3 Å². The number of carbonyl (C=O) groups is 1. The molecule has 0 N–H and O–H groups in total. The molecule has 2 saturated carbocycles. The quantitative estimate of drug-likeness (QED) is 0.613. The van der Waals surface area contributed by atoms with Crippen molar-refractivity contribution >= 4 is 5.97 Å². The highest BCUT2D eigenvalue weighted by molar-refractivity contribution is 5.72. The van der Waals surface area contributed by atoms with Gasteiger partial charge in [-0.1, -0.05) is 34.6 Å². The van der Waals surface area contributed by atoms with Gasteiger partial charge in [-0.3, -0.25) is 4.79 Å². The van der Waals surface area contributed by atoms with Crippen LogP contribution in [0.4, 0.5) is 0 Å². The van der Waals surface area contributed by atoms with Crippen molar-refractivity contribution in [1.29, 1.82) is 0 Å². The molecule has 2 aliphatic rings. The van der Waals surface area contributed by atoms with Crippen LogP contribution in [0.25, 0.3) is 0 Å².